The van der Waals surface area contributed by atoms with Gasteiger partial charge in [-0.05, 0) is 25.5 Å². The minimum Gasteiger partial charge on any atom is -0.380 e. The molecule has 0 atom stereocenters. The lowest BCUT2D eigenvalue weighted by Gasteiger charge is -2.22. The van der Waals surface area contributed by atoms with Crippen LogP contribution in [0.25, 0.3) is 10.9 Å². The molecule has 1 aliphatic heterocycles. The zero-order chi connectivity index (χ0) is 13.8. The minimum absolute atomic E-state index is 0.700. The molecule has 0 bridgehead atoms. The third-order valence-corrected chi connectivity index (χ3v) is 3.44. The summed E-state index contributed by atoms with van der Waals surface area (Å²) in [6.45, 7) is 6.33. The van der Waals surface area contributed by atoms with Gasteiger partial charge in [0.2, 0.25) is 5.95 Å². The number of anilines is 2. The smallest absolute Gasteiger partial charge is 0.225 e. The highest BCUT2D eigenvalue weighted by Gasteiger charge is 2.16. The Bertz CT molecular complexity index is 579. The van der Waals surface area contributed by atoms with E-state index in [9.17, 15) is 0 Å². The van der Waals surface area contributed by atoms with Crippen molar-refractivity contribution in [2.45, 2.75) is 13.3 Å². The number of nitrogens with one attached hydrogen (secondary N) is 1. The van der Waals surface area contributed by atoms with Crippen LogP contribution in [0.4, 0.5) is 11.8 Å². The zero-order valence-electron chi connectivity index (χ0n) is 11.8. The van der Waals surface area contributed by atoms with Crippen LogP contribution in [-0.4, -0.2) is 42.8 Å². The highest BCUT2D eigenvalue weighted by Crippen LogP contribution is 2.25. The van der Waals surface area contributed by atoms with Crippen LogP contribution in [0.5, 0.6) is 0 Å². The van der Waals surface area contributed by atoms with Crippen molar-refractivity contribution in [3.63, 3.8) is 0 Å². The first-order valence-electron chi connectivity index (χ1n) is 7.22. The van der Waals surface area contributed by atoms with Crippen LogP contribution in [0, 0.1) is 0 Å². The molecule has 0 amide bonds. The van der Waals surface area contributed by atoms with Gasteiger partial charge in [-0.3, -0.25) is 0 Å². The van der Waals surface area contributed by atoms with Gasteiger partial charge in [0.15, 0.2) is 0 Å². The maximum Gasteiger partial charge on any atom is 0.225 e. The SMILES string of the molecule is CCNc1nc(N2CCCOCC2)c2ccccc2n1. The third kappa shape index (κ3) is 2.67. The van der Waals surface area contributed by atoms with E-state index in [1.807, 2.05) is 18.2 Å². The number of fused-ring (bicyclic) bond motifs is 1. The Hall–Kier alpha value is -1.88. The lowest BCUT2D eigenvalue weighted by Crippen LogP contribution is -2.27. The van der Waals surface area contributed by atoms with Gasteiger partial charge in [0, 0.05) is 31.6 Å². The van der Waals surface area contributed by atoms with Gasteiger partial charge in [0.05, 0.1) is 12.1 Å². The van der Waals surface area contributed by atoms with Crippen LogP contribution in [0.15, 0.2) is 24.3 Å². The van der Waals surface area contributed by atoms with Crippen molar-refractivity contribution < 1.29 is 4.74 Å². The summed E-state index contributed by atoms with van der Waals surface area (Å²) >= 11 is 0. The summed E-state index contributed by atoms with van der Waals surface area (Å²) in [5, 5.41) is 4.32. The first kappa shape index (κ1) is 13.1. The normalized spacial score (nSPS) is 16.1. The van der Waals surface area contributed by atoms with Crippen molar-refractivity contribution in [3.8, 4) is 0 Å². The van der Waals surface area contributed by atoms with E-state index in [0.29, 0.717) is 5.95 Å². The molecule has 5 nitrogen and oxygen atoms in total. The average Bonchev–Trinajstić information content (AvgIpc) is 2.76. The van der Waals surface area contributed by atoms with Crippen molar-refractivity contribution in [1.82, 2.24) is 9.97 Å². The molecule has 1 aromatic carbocycles. The fourth-order valence-corrected chi connectivity index (χ4v) is 2.50. The average molecular weight is 272 g/mol. The van der Waals surface area contributed by atoms with E-state index in [1.54, 1.807) is 0 Å². The first-order chi connectivity index (χ1) is 9.88. The van der Waals surface area contributed by atoms with E-state index in [-0.39, 0.29) is 0 Å². The Balaban J connectivity index is 2.06. The van der Waals surface area contributed by atoms with Crippen LogP contribution in [0.3, 0.4) is 0 Å². The van der Waals surface area contributed by atoms with Crippen LogP contribution >= 0.6 is 0 Å². The fourth-order valence-electron chi connectivity index (χ4n) is 2.50. The predicted molar refractivity (Wildman–Crippen MR) is 81.4 cm³/mol. The molecule has 106 valence electrons. The number of nitrogens with zero attached hydrogens (tertiary/aromatic N) is 3. The molecular formula is C15H20N4O. The Morgan fingerprint density at radius 2 is 2.10 bits per heavy atom. The van der Waals surface area contributed by atoms with E-state index >= 15 is 0 Å². The zero-order valence-corrected chi connectivity index (χ0v) is 11.8. The summed E-state index contributed by atoms with van der Waals surface area (Å²) < 4.78 is 5.54. The molecular weight excluding hydrogens is 252 g/mol. The topological polar surface area (TPSA) is 50.3 Å². The summed E-state index contributed by atoms with van der Waals surface area (Å²) in [5.41, 5.74) is 0.985. The van der Waals surface area contributed by atoms with Gasteiger partial charge in [-0.2, -0.15) is 4.98 Å². The molecule has 1 aliphatic rings. The van der Waals surface area contributed by atoms with Crippen molar-refractivity contribution in [2.24, 2.45) is 0 Å². The number of hydrogen-bond donors (Lipinski definition) is 1. The number of para-hydroxylation sites is 1. The molecule has 0 radical (unpaired) electrons. The number of rotatable bonds is 3. The monoisotopic (exact) mass is 272 g/mol. The second-order valence-corrected chi connectivity index (χ2v) is 4.87. The van der Waals surface area contributed by atoms with Gasteiger partial charge >= 0.3 is 0 Å². The van der Waals surface area contributed by atoms with Gasteiger partial charge in [0.1, 0.15) is 5.82 Å². The molecule has 1 fully saturated rings. The van der Waals surface area contributed by atoms with Crippen LogP contribution in [0.1, 0.15) is 13.3 Å². The molecule has 2 heterocycles. The van der Waals surface area contributed by atoms with Crippen molar-refractivity contribution in [2.75, 3.05) is 43.1 Å². The number of ether oxygens (including phenoxy) is 1. The van der Waals surface area contributed by atoms with Crippen LogP contribution < -0.4 is 10.2 Å². The second-order valence-electron chi connectivity index (χ2n) is 4.87. The summed E-state index contributed by atoms with van der Waals surface area (Å²) in [6.07, 6.45) is 1.04. The predicted octanol–water partition coefficient (Wildman–Crippen LogP) is 2.29. The van der Waals surface area contributed by atoms with E-state index in [1.165, 1.54) is 0 Å². The van der Waals surface area contributed by atoms with E-state index in [0.717, 1.165) is 56.0 Å². The summed E-state index contributed by atoms with van der Waals surface area (Å²) in [6, 6.07) is 8.18. The second kappa shape index (κ2) is 6.05. The molecule has 3 rings (SSSR count). The highest BCUT2D eigenvalue weighted by atomic mass is 16.5. The molecule has 0 aliphatic carbocycles. The van der Waals surface area contributed by atoms with E-state index in [2.05, 4.69) is 28.2 Å². The van der Waals surface area contributed by atoms with Crippen LogP contribution in [0.2, 0.25) is 0 Å². The third-order valence-electron chi connectivity index (χ3n) is 3.44. The molecule has 1 saturated heterocycles. The fraction of sp³-hybridized carbons (Fsp3) is 0.467. The summed E-state index contributed by atoms with van der Waals surface area (Å²) in [5.74, 6) is 1.71. The van der Waals surface area contributed by atoms with Gasteiger partial charge in [-0.1, -0.05) is 12.1 Å². The summed E-state index contributed by atoms with van der Waals surface area (Å²) in [7, 11) is 0. The van der Waals surface area contributed by atoms with Gasteiger partial charge in [-0.25, -0.2) is 4.98 Å². The van der Waals surface area contributed by atoms with Crippen molar-refractivity contribution in [1.29, 1.82) is 0 Å². The number of hydrogen-bond acceptors (Lipinski definition) is 5. The summed E-state index contributed by atoms with van der Waals surface area (Å²) in [4.78, 5) is 11.6. The Morgan fingerprint density at radius 3 is 3.00 bits per heavy atom. The van der Waals surface area contributed by atoms with E-state index in [4.69, 9.17) is 9.72 Å². The molecule has 20 heavy (non-hydrogen) atoms. The minimum atomic E-state index is 0.700. The first-order valence-corrected chi connectivity index (χ1v) is 7.22. The molecule has 1 aromatic heterocycles. The lowest BCUT2D eigenvalue weighted by atomic mass is 10.2. The van der Waals surface area contributed by atoms with Gasteiger partial charge < -0.3 is 15.0 Å². The quantitative estimate of drug-likeness (QED) is 0.929. The highest BCUT2D eigenvalue weighted by molar-refractivity contribution is 5.90. The van der Waals surface area contributed by atoms with Crippen molar-refractivity contribution >= 4 is 22.7 Å². The van der Waals surface area contributed by atoms with Gasteiger partial charge in [-0.15, -0.1) is 0 Å². The molecule has 0 spiro atoms. The molecule has 5 heteroatoms. The standard InChI is InChI=1S/C15H20N4O/c1-2-16-15-17-13-7-4-3-6-12(13)14(18-15)19-8-5-10-20-11-9-19/h3-4,6-7H,2,5,8-11H2,1H3,(H,16,17,18). The largest absolute Gasteiger partial charge is 0.380 e. The Morgan fingerprint density at radius 1 is 1.20 bits per heavy atom. The Kier molecular flexibility index (Phi) is 3.97. The van der Waals surface area contributed by atoms with E-state index < -0.39 is 0 Å². The van der Waals surface area contributed by atoms with Gasteiger partial charge in [0.25, 0.3) is 0 Å². The molecule has 2 aromatic rings. The maximum absolute atomic E-state index is 5.54. The lowest BCUT2D eigenvalue weighted by molar-refractivity contribution is 0.152. The number of benzene rings is 1. The molecule has 0 saturated carbocycles. The van der Waals surface area contributed by atoms with Crippen LogP contribution in [-0.2, 0) is 4.74 Å². The molecule has 1 N–H and O–H groups in total. The van der Waals surface area contributed by atoms with Crippen molar-refractivity contribution in [3.05, 3.63) is 24.3 Å². The number of aromatic nitrogens is 2. The maximum atomic E-state index is 5.54. The Labute approximate surface area is 119 Å². The molecule has 0 unspecified atom stereocenters.